The zero-order valence-corrected chi connectivity index (χ0v) is 10.8. The molecule has 0 aliphatic rings. The Bertz CT molecular complexity index is 601. The lowest BCUT2D eigenvalue weighted by atomic mass is 10.1. The summed E-state index contributed by atoms with van der Waals surface area (Å²) in [5.74, 6) is 0. The number of hydrogen-bond donors (Lipinski definition) is 1. The van der Waals surface area contributed by atoms with E-state index >= 15 is 0 Å². The first-order valence-corrected chi connectivity index (χ1v) is 6.05. The van der Waals surface area contributed by atoms with Crippen molar-refractivity contribution in [3.8, 4) is 0 Å². The SMILES string of the molecule is Cc1cccc(C(N)Cn2ccc(C)cc2=O)c1. The Morgan fingerprint density at radius 3 is 2.56 bits per heavy atom. The molecular formula is C15H18N2O. The van der Waals surface area contributed by atoms with Crippen molar-refractivity contribution < 1.29 is 0 Å². The van der Waals surface area contributed by atoms with E-state index in [1.807, 2.05) is 38.1 Å². The molecule has 0 saturated carbocycles. The van der Waals surface area contributed by atoms with Crippen LogP contribution in [0.2, 0.25) is 0 Å². The van der Waals surface area contributed by atoms with E-state index in [-0.39, 0.29) is 11.6 Å². The van der Waals surface area contributed by atoms with Crippen molar-refractivity contribution in [3.05, 3.63) is 69.6 Å². The minimum absolute atomic E-state index is 0.00176. The summed E-state index contributed by atoms with van der Waals surface area (Å²) in [7, 11) is 0. The van der Waals surface area contributed by atoms with Crippen molar-refractivity contribution in [2.75, 3.05) is 0 Å². The number of benzene rings is 1. The quantitative estimate of drug-likeness (QED) is 0.896. The molecule has 2 rings (SSSR count). The molecule has 1 aromatic heterocycles. The summed E-state index contributed by atoms with van der Waals surface area (Å²) in [5.41, 5.74) is 9.35. The Kier molecular flexibility index (Phi) is 3.63. The van der Waals surface area contributed by atoms with E-state index in [1.165, 1.54) is 5.56 Å². The third-order valence-corrected chi connectivity index (χ3v) is 3.02. The molecule has 0 aliphatic heterocycles. The number of hydrogen-bond acceptors (Lipinski definition) is 2. The number of aryl methyl sites for hydroxylation is 2. The van der Waals surface area contributed by atoms with Gasteiger partial charge in [0.15, 0.2) is 0 Å². The Morgan fingerprint density at radius 2 is 1.89 bits per heavy atom. The number of nitrogens with two attached hydrogens (primary N) is 1. The fraction of sp³-hybridized carbons (Fsp3) is 0.267. The third-order valence-electron chi connectivity index (χ3n) is 3.02. The normalized spacial score (nSPS) is 12.4. The molecule has 1 unspecified atom stereocenters. The van der Waals surface area contributed by atoms with Gasteiger partial charge in [-0.1, -0.05) is 29.8 Å². The fourth-order valence-corrected chi connectivity index (χ4v) is 1.98. The van der Waals surface area contributed by atoms with Gasteiger partial charge in [-0.25, -0.2) is 0 Å². The zero-order chi connectivity index (χ0) is 13.1. The molecule has 0 aliphatic carbocycles. The molecule has 94 valence electrons. The van der Waals surface area contributed by atoms with Crippen LogP contribution in [0.15, 0.2) is 47.4 Å². The number of rotatable bonds is 3. The first-order chi connectivity index (χ1) is 8.56. The Labute approximate surface area is 107 Å². The van der Waals surface area contributed by atoms with Gasteiger partial charge in [0.25, 0.3) is 5.56 Å². The molecule has 0 bridgehead atoms. The van der Waals surface area contributed by atoms with Gasteiger partial charge < -0.3 is 10.3 Å². The summed E-state index contributed by atoms with van der Waals surface area (Å²) >= 11 is 0. The number of pyridine rings is 1. The molecule has 2 N–H and O–H groups in total. The van der Waals surface area contributed by atoms with E-state index in [2.05, 4.69) is 6.07 Å². The van der Waals surface area contributed by atoms with Gasteiger partial charge in [0, 0.05) is 24.8 Å². The molecule has 18 heavy (non-hydrogen) atoms. The van der Waals surface area contributed by atoms with Crippen LogP contribution in [0.3, 0.4) is 0 Å². The summed E-state index contributed by atoms with van der Waals surface area (Å²) in [6.07, 6.45) is 1.80. The zero-order valence-electron chi connectivity index (χ0n) is 10.8. The minimum Gasteiger partial charge on any atom is -0.322 e. The maximum absolute atomic E-state index is 11.8. The third kappa shape index (κ3) is 2.87. The van der Waals surface area contributed by atoms with Crippen LogP contribution < -0.4 is 11.3 Å². The van der Waals surface area contributed by atoms with Gasteiger partial charge in [0.05, 0.1) is 0 Å². The van der Waals surface area contributed by atoms with Crippen LogP contribution in [0.1, 0.15) is 22.7 Å². The molecule has 1 heterocycles. The van der Waals surface area contributed by atoms with Gasteiger partial charge in [-0.15, -0.1) is 0 Å². The second kappa shape index (κ2) is 5.19. The smallest absolute Gasteiger partial charge is 0.250 e. The van der Waals surface area contributed by atoms with Crippen molar-refractivity contribution in [3.63, 3.8) is 0 Å². The monoisotopic (exact) mass is 242 g/mol. The second-order valence-electron chi connectivity index (χ2n) is 4.72. The standard InChI is InChI=1S/C15H18N2O/c1-11-4-3-5-13(8-11)14(16)10-17-7-6-12(2)9-15(17)18/h3-9,14H,10,16H2,1-2H3. The number of nitrogens with zero attached hydrogens (tertiary/aromatic N) is 1. The van der Waals surface area contributed by atoms with Gasteiger partial charge in [-0.3, -0.25) is 4.79 Å². The van der Waals surface area contributed by atoms with Gasteiger partial charge in [-0.05, 0) is 31.0 Å². The van der Waals surface area contributed by atoms with Crippen LogP contribution in [0.25, 0.3) is 0 Å². The summed E-state index contributed by atoms with van der Waals surface area (Å²) in [6, 6.07) is 11.5. The first kappa shape index (κ1) is 12.6. The maximum atomic E-state index is 11.8. The van der Waals surface area contributed by atoms with Crippen LogP contribution in [-0.2, 0) is 6.54 Å². The van der Waals surface area contributed by atoms with Gasteiger partial charge in [-0.2, -0.15) is 0 Å². The van der Waals surface area contributed by atoms with Crippen LogP contribution in [0, 0.1) is 13.8 Å². The molecule has 0 fully saturated rings. The van der Waals surface area contributed by atoms with Crippen molar-refractivity contribution in [1.29, 1.82) is 0 Å². The van der Waals surface area contributed by atoms with Crippen LogP contribution in [0.5, 0.6) is 0 Å². The van der Waals surface area contributed by atoms with Crippen LogP contribution >= 0.6 is 0 Å². The molecule has 0 spiro atoms. The van der Waals surface area contributed by atoms with Crippen molar-refractivity contribution in [2.45, 2.75) is 26.4 Å². The fourth-order valence-electron chi connectivity index (χ4n) is 1.98. The Hall–Kier alpha value is -1.87. The average molecular weight is 242 g/mol. The number of aromatic nitrogens is 1. The van der Waals surface area contributed by atoms with Crippen LogP contribution in [-0.4, -0.2) is 4.57 Å². The van der Waals surface area contributed by atoms with Gasteiger partial charge in [0.1, 0.15) is 0 Å². The minimum atomic E-state index is -0.162. The highest BCUT2D eigenvalue weighted by Crippen LogP contribution is 2.13. The van der Waals surface area contributed by atoms with E-state index < -0.39 is 0 Å². The predicted molar refractivity (Wildman–Crippen MR) is 73.5 cm³/mol. The van der Waals surface area contributed by atoms with E-state index in [4.69, 9.17) is 5.73 Å². The molecule has 2 aromatic rings. The topological polar surface area (TPSA) is 48.0 Å². The molecule has 0 amide bonds. The van der Waals surface area contributed by atoms with Crippen molar-refractivity contribution in [2.24, 2.45) is 5.73 Å². The van der Waals surface area contributed by atoms with E-state index in [1.54, 1.807) is 16.8 Å². The lowest BCUT2D eigenvalue weighted by Crippen LogP contribution is -2.26. The molecular weight excluding hydrogens is 224 g/mol. The largest absolute Gasteiger partial charge is 0.322 e. The molecule has 3 nitrogen and oxygen atoms in total. The summed E-state index contributed by atoms with van der Waals surface area (Å²) in [4.78, 5) is 11.8. The molecule has 0 saturated heterocycles. The van der Waals surface area contributed by atoms with E-state index in [0.29, 0.717) is 6.54 Å². The van der Waals surface area contributed by atoms with Gasteiger partial charge in [0.2, 0.25) is 0 Å². The summed E-state index contributed by atoms with van der Waals surface area (Å²) in [5, 5.41) is 0. The molecule has 1 atom stereocenters. The summed E-state index contributed by atoms with van der Waals surface area (Å²) < 4.78 is 1.65. The highest BCUT2D eigenvalue weighted by atomic mass is 16.1. The molecule has 3 heteroatoms. The summed E-state index contributed by atoms with van der Waals surface area (Å²) in [6.45, 7) is 4.45. The second-order valence-corrected chi connectivity index (χ2v) is 4.72. The van der Waals surface area contributed by atoms with E-state index in [0.717, 1.165) is 11.1 Å². The highest BCUT2D eigenvalue weighted by molar-refractivity contribution is 5.24. The lowest BCUT2D eigenvalue weighted by molar-refractivity contribution is 0.561. The maximum Gasteiger partial charge on any atom is 0.250 e. The van der Waals surface area contributed by atoms with Crippen LogP contribution in [0.4, 0.5) is 0 Å². The van der Waals surface area contributed by atoms with Crippen molar-refractivity contribution >= 4 is 0 Å². The lowest BCUT2D eigenvalue weighted by Gasteiger charge is -2.14. The van der Waals surface area contributed by atoms with Gasteiger partial charge >= 0.3 is 0 Å². The predicted octanol–water partition coefficient (Wildman–Crippen LogP) is 2.17. The molecule has 0 radical (unpaired) electrons. The molecule has 1 aromatic carbocycles. The highest BCUT2D eigenvalue weighted by Gasteiger charge is 2.07. The Morgan fingerprint density at radius 1 is 1.17 bits per heavy atom. The Balaban J connectivity index is 2.21. The van der Waals surface area contributed by atoms with E-state index in [9.17, 15) is 4.79 Å². The average Bonchev–Trinajstić information content (AvgIpc) is 2.32. The van der Waals surface area contributed by atoms with Crippen molar-refractivity contribution in [1.82, 2.24) is 4.57 Å². The first-order valence-electron chi connectivity index (χ1n) is 6.05.